The summed E-state index contributed by atoms with van der Waals surface area (Å²) in [7, 11) is -3.64. The highest BCUT2D eigenvalue weighted by molar-refractivity contribution is 7.92. The van der Waals surface area contributed by atoms with Crippen molar-refractivity contribution in [2.75, 3.05) is 16.2 Å². The normalized spacial score (nSPS) is 15.0. The first-order chi connectivity index (χ1) is 11.0. The molecule has 1 aliphatic heterocycles. The van der Waals surface area contributed by atoms with Crippen molar-refractivity contribution >= 4 is 27.3 Å². The van der Waals surface area contributed by atoms with Crippen molar-refractivity contribution in [2.24, 2.45) is 0 Å². The number of nitrogens with zero attached hydrogens (tertiary/aromatic N) is 1. The first-order valence-electron chi connectivity index (χ1n) is 7.46. The zero-order valence-corrected chi connectivity index (χ0v) is 13.6. The minimum atomic E-state index is -3.64. The number of carbonyl (C=O) groups is 1. The number of benzene rings is 2. The molecule has 0 radical (unpaired) electrons. The standard InChI is InChI=1S/C17H18N2O3S/c1-13-4-2-5-14(12-13)18-23(21,22)16-9-7-15(8-10-16)19-11-3-6-17(19)20/h2,4-5,7-10,12,18H,3,6,11H2,1H3. The van der Waals surface area contributed by atoms with E-state index in [0.717, 1.165) is 17.7 Å². The molecule has 2 aromatic carbocycles. The first-order valence-corrected chi connectivity index (χ1v) is 8.94. The topological polar surface area (TPSA) is 66.5 Å². The lowest BCUT2D eigenvalue weighted by Gasteiger charge is -2.16. The fraction of sp³-hybridized carbons (Fsp3) is 0.235. The van der Waals surface area contributed by atoms with Crippen molar-refractivity contribution in [1.29, 1.82) is 0 Å². The van der Waals surface area contributed by atoms with E-state index >= 15 is 0 Å². The molecular weight excluding hydrogens is 312 g/mol. The van der Waals surface area contributed by atoms with E-state index in [1.54, 1.807) is 35.2 Å². The molecule has 1 fully saturated rings. The summed E-state index contributed by atoms with van der Waals surface area (Å²) in [4.78, 5) is 13.6. The van der Waals surface area contributed by atoms with Gasteiger partial charge in [0.2, 0.25) is 5.91 Å². The van der Waals surface area contributed by atoms with Gasteiger partial charge in [0.25, 0.3) is 10.0 Å². The smallest absolute Gasteiger partial charge is 0.261 e. The second kappa shape index (κ2) is 6.04. The fourth-order valence-corrected chi connectivity index (χ4v) is 3.70. The molecule has 0 unspecified atom stereocenters. The van der Waals surface area contributed by atoms with Crippen molar-refractivity contribution in [1.82, 2.24) is 0 Å². The SMILES string of the molecule is Cc1cccc(NS(=O)(=O)c2ccc(N3CCCC3=O)cc2)c1. The number of hydrogen-bond acceptors (Lipinski definition) is 3. The molecule has 0 spiro atoms. The Bertz CT molecular complexity index is 829. The summed E-state index contributed by atoms with van der Waals surface area (Å²) in [5.74, 6) is 0.0819. The highest BCUT2D eigenvalue weighted by Crippen LogP contribution is 2.24. The molecule has 5 nitrogen and oxygen atoms in total. The molecule has 6 heteroatoms. The van der Waals surface area contributed by atoms with Gasteiger partial charge in [0.1, 0.15) is 0 Å². The Morgan fingerprint density at radius 2 is 1.83 bits per heavy atom. The van der Waals surface area contributed by atoms with Crippen LogP contribution in [0.25, 0.3) is 0 Å². The number of amides is 1. The van der Waals surface area contributed by atoms with Gasteiger partial charge in [-0.1, -0.05) is 12.1 Å². The van der Waals surface area contributed by atoms with Crippen LogP contribution in [-0.4, -0.2) is 20.9 Å². The van der Waals surface area contributed by atoms with Crippen LogP contribution in [-0.2, 0) is 14.8 Å². The molecule has 0 saturated carbocycles. The quantitative estimate of drug-likeness (QED) is 0.937. The lowest BCUT2D eigenvalue weighted by atomic mass is 10.2. The molecule has 1 amide bonds. The summed E-state index contributed by atoms with van der Waals surface area (Å²) in [6, 6.07) is 13.6. The number of aryl methyl sites for hydroxylation is 1. The van der Waals surface area contributed by atoms with E-state index in [4.69, 9.17) is 0 Å². The average molecular weight is 330 g/mol. The molecule has 0 atom stereocenters. The van der Waals surface area contributed by atoms with Crippen LogP contribution in [0.5, 0.6) is 0 Å². The van der Waals surface area contributed by atoms with Gasteiger partial charge in [0, 0.05) is 24.3 Å². The Morgan fingerprint density at radius 1 is 1.09 bits per heavy atom. The van der Waals surface area contributed by atoms with Crippen LogP contribution in [0.1, 0.15) is 18.4 Å². The minimum Gasteiger partial charge on any atom is -0.312 e. The van der Waals surface area contributed by atoms with Crippen LogP contribution in [0.15, 0.2) is 53.4 Å². The van der Waals surface area contributed by atoms with Crippen LogP contribution >= 0.6 is 0 Å². The van der Waals surface area contributed by atoms with Gasteiger partial charge in [-0.25, -0.2) is 8.42 Å². The van der Waals surface area contributed by atoms with Crippen LogP contribution in [0.4, 0.5) is 11.4 Å². The molecule has 2 aromatic rings. The van der Waals surface area contributed by atoms with E-state index in [9.17, 15) is 13.2 Å². The molecule has 0 bridgehead atoms. The van der Waals surface area contributed by atoms with Gasteiger partial charge in [-0.3, -0.25) is 9.52 Å². The fourth-order valence-electron chi connectivity index (χ4n) is 2.65. The zero-order valence-electron chi connectivity index (χ0n) is 12.8. The van der Waals surface area contributed by atoms with E-state index in [1.807, 2.05) is 13.0 Å². The van der Waals surface area contributed by atoms with Crippen molar-refractivity contribution in [2.45, 2.75) is 24.7 Å². The highest BCUT2D eigenvalue weighted by atomic mass is 32.2. The molecule has 0 aromatic heterocycles. The molecule has 23 heavy (non-hydrogen) atoms. The third-order valence-corrected chi connectivity index (χ3v) is 5.20. The van der Waals surface area contributed by atoms with E-state index in [2.05, 4.69) is 4.72 Å². The van der Waals surface area contributed by atoms with E-state index in [1.165, 1.54) is 12.1 Å². The monoisotopic (exact) mass is 330 g/mol. The molecular formula is C17H18N2O3S. The molecule has 120 valence electrons. The van der Waals surface area contributed by atoms with Gasteiger partial charge in [-0.05, 0) is 55.3 Å². The van der Waals surface area contributed by atoms with E-state index < -0.39 is 10.0 Å². The second-order valence-corrected chi connectivity index (χ2v) is 7.30. The van der Waals surface area contributed by atoms with Crippen LogP contribution < -0.4 is 9.62 Å². The Morgan fingerprint density at radius 3 is 2.43 bits per heavy atom. The third-order valence-electron chi connectivity index (χ3n) is 3.80. The van der Waals surface area contributed by atoms with Gasteiger partial charge in [-0.15, -0.1) is 0 Å². The predicted octanol–water partition coefficient (Wildman–Crippen LogP) is 2.92. The summed E-state index contributed by atoms with van der Waals surface area (Å²) >= 11 is 0. The number of carbonyl (C=O) groups excluding carboxylic acids is 1. The van der Waals surface area contributed by atoms with Crippen molar-refractivity contribution in [3.8, 4) is 0 Å². The van der Waals surface area contributed by atoms with E-state index in [0.29, 0.717) is 18.7 Å². The number of nitrogens with one attached hydrogen (secondary N) is 1. The molecule has 1 saturated heterocycles. The maximum absolute atomic E-state index is 12.4. The Kier molecular flexibility index (Phi) is 4.09. The summed E-state index contributed by atoms with van der Waals surface area (Å²) in [5.41, 5.74) is 2.25. The van der Waals surface area contributed by atoms with Crippen LogP contribution in [0, 0.1) is 6.92 Å². The predicted molar refractivity (Wildman–Crippen MR) is 90.0 cm³/mol. The Hall–Kier alpha value is -2.34. The van der Waals surface area contributed by atoms with Crippen LogP contribution in [0.2, 0.25) is 0 Å². The Labute approximate surface area is 136 Å². The molecule has 1 aliphatic rings. The lowest BCUT2D eigenvalue weighted by Crippen LogP contribution is -2.23. The maximum Gasteiger partial charge on any atom is 0.261 e. The number of hydrogen-bond donors (Lipinski definition) is 1. The lowest BCUT2D eigenvalue weighted by molar-refractivity contribution is -0.117. The van der Waals surface area contributed by atoms with Gasteiger partial charge < -0.3 is 4.90 Å². The van der Waals surface area contributed by atoms with Crippen LogP contribution in [0.3, 0.4) is 0 Å². The summed E-state index contributed by atoms with van der Waals surface area (Å²) in [5, 5.41) is 0. The van der Waals surface area contributed by atoms with Gasteiger partial charge in [0.15, 0.2) is 0 Å². The van der Waals surface area contributed by atoms with Crippen molar-refractivity contribution < 1.29 is 13.2 Å². The maximum atomic E-state index is 12.4. The first kappa shape index (κ1) is 15.6. The third kappa shape index (κ3) is 3.37. The molecule has 1 N–H and O–H groups in total. The zero-order chi connectivity index (χ0) is 16.4. The van der Waals surface area contributed by atoms with Gasteiger partial charge in [0.05, 0.1) is 4.90 Å². The largest absolute Gasteiger partial charge is 0.312 e. The molecule has 3 rings (SSSR count). The summed E-state index contributed by atoms with van der Waals surface area (Å²) < 4.78 is 27.4. The van der Waals surface area contributed by atoms with Gasteiger partial charge >= 0.3 is 0 Å². The molecule has 0 aliphatic carbocycles. The Balaban J connectivity index is 1.81. The minimum absolute atomic E-state index is 0.0819. The second-order valence-electron chi connectivity index (χ2n) is 5.62. The summed E-state index contributed by atoms with van der Waals surface area (Å²) in [6.45, 7) is 2.59. The number of sulfonamides is 1. The summed E-state index contributed by atoms with van der Waals surface area (Å²) in [6.07, 6.45) is 1.39. The average Bonchev–Trinajstić information content (AvgIpc) is 2.93. The number of rotatable bonds is 4. The number of anilines is 2. The van der Waals surface area contributed by atoms with Crippen molar-refractivity contribution in [3.05, 3.63) is 54.1 Å². The van der Waals surface area contributed by atoms with Crippen molar-refractivity contribution in [3.63, 3.8) is 0 Å². The molecule has 1 heterocycles. The van der Waals surface area contributed by atoms with E-state index in [-0.39, 0.29) is 10.8 Å². The van der Waals surface area contributed by atoms with Gasteiger partial charge in [-0.2, -0.15) is 0 Å². The highest BCUT2D eigenvalue weighted by Gasteiger charge is 2.22.